The summed E-state index contributed by atoms with van der Waals surface area (Å²) in [5.74, 6) is 0.883. The maximum absolute atomic E-state index is 4.66. The van der Waals surface area contributed by atoms with Gasteiger partial charge >= 0.3 is 0 Å². The topological polar surface area (TPSA) is 29.0 Å². The van der Waals surface area contributed by atoms with Gasteiger partial charge in [0.2, 0.25) is 5.95 Å². The number of piperidine rings is 1. The largest absolute Gasteiger partial charge is 0.341 e. The standard InChI is InChI=1S/C13H15N3S/c1-2-7-16(8-3-1)13-14-6-4-12(15-13)11-5-9-17-10-11/h4-6,9-10H,1-3,7-8H2. The van der Waals surface area contributed by atoms with E-state index in [1.165, 1.54) is 24.8 Å². The molecule has 2 aromatic heterocycles. The number of thiophene rings is 1. The van der Waals surface area contributed by atoms with Crippen LogP contribution in [0.3, 0.4) is 0 Å². The molecule has 17 heavy (non-hydrogen) atoms. The minimum absolute atomic E-state index is 0.883. The Kier molecular flexibility index (Phi) is 3.05. The highest BCUT2D eigenvalue weighted by Gasteiger charge is 2.13. The molecular formula is C13H15N3S. The first-order valence-corrected chi connectivity index (χ1v) is 6.98. The third-order valence-electron chi connectivity index (χ3n) is 3.10. The molecule has 1 aliphatic heterocycles. The SMILES string of the molecule is c1cc(-c2ccsc2)nc(N2CCCCC2)n1. The maximum Gasteiger partial charge on any atom is 0.225 e. The van der Waals surface area contributed by atoms with E-state index in [9.17, 15) is 0 Å². The normalized spacial score (nSPS) is 16.1. The Hall–Kier alpha value is -1.42. The van der Waals surface area contributed by atoms with Crippen molar-refractivity contribution < 1.29 is 0 Å². The molecule has 0 atom stereocenters. The summed E-state index contributed by atoms with van der Waals surface area (Å²) in [6.07, 6.45) is 5.71. The predicted molar refractivity (Wildman–Crippen MR) is 71.4 cm³/mol. The van der Waals surface area contributed by atoms with E-state index in [0.717, 1.165) is 24.7 Å². The Morgan fingerprint density at radius 1 is 1.12 bits per heavy atom. The number of aromatic nitrogens is 2. The molecule has 1 saturated heterocycles. The van der Waals surface area contributed by atoms with Gasteiger partial charge in [-0.15, -0.1) is 0 Å². The first-order valence-electron chi connectivity index (χ1n) is 6.04. The molecule has 0 saturated carbocycles. The molecule has 0 radical (unpaired) electrons. The lowest BCUT2D eigenvalue weighted by Gasteiger charge is -2.26. The number of anilines is 1. The summed E-state index contributed by atoms with van der Waals surface area (Å²) in [5.41, 5.74) is 2.22. The van der Waals surface area contributed by atoms with E-state index in [2.05, 4.69) is 31.7 Å². The zero-order valence-corrected chi connectivity index (χ0v) is 10.5. The average molecular weight is 245 g/mol. The van der Waals surface area contributed by atoms with Crippen molar-refractivity contribution in [3.05, 3.63) is 29.1 Å². The average Bonchev–Trinajstić information content (AvgIpc) is 2.94. The Morgan fingerprint density at radius 3 is 2.76 bits per heavy atom. The molecule has 1 aliphatic rings. The van der Waals surface area contributed by atoms with Crippen LogP contribution in [-0.4, -0.2) is 23.1 Å². The molecule has 0 aromatic carbocycles. The van der Waals surface area contributed by atoms with Gasteiger partial charge in [0.1, 0.15) is 0 Å². The van der Waals surface area contributed by atoms with Gasteiger partial charge in [0, 0.05) is 30.2 Å². The Balaban J connectivity index is 1.88. The van der Waals surface area contributed by atoms with Crippen molar-refractivity contribution in [2.75, 3.05) is 18.0 Å². The van der Waals surface area contributed by atoms with E-state index in [-0.39, 0.29) is 0 Å². The van der Waals surface area contributed by atoms with Crippen LogP contribution < -0.4 is 4.90 Å². The fraction of sp³-hybridized carbons (Fsp3) is 0.385. The lowest BCUT2D eigenvalue weighted by molar-refractivity contribution is 0.568. The van der Waals surface area contributed by atoms with Crippen molar-refractivity contribution in [3.8, 4) is 11.3 Å². The molecular weight excluding hydrogens is 230 g/mol. The van der Waals surface area contributed by atoms with Gasteiger partial charge in [0.15, 0.2) is 0 Å². The van der Waals surface area contributed by atoms with Crippen molar-refractivity contribution >= 4 is 17.3 Å². The van der Waals surface area contributed by atoms with E-state index in [0.29, 0.717) is 0 Å². The molecule has 2 aromatic rings. The Labute approximate surface area is 105 Å². The van der Waals surface area contributed by atoms with Gasteiger partial charge < -0.3 is 4.90 Å². The molecule has 0 spiro atoms. The molecule has 0 bridgehead atoms. The number of rotatable bonds is 2. The molecule has 0 aliphatic carbocycles. The summed E-state index contributed by atoms with van der Waals surface area (Å²) >= 11 is 1.70. The van der Waals surface area contributed by atoms with Crippen molar-refractivity contribution in [2.45, 2.75) is 19.3 Å². The lowest BCUT2D eigenvalue weighted by Crippen LogP contribution is -2.30. The lowest BCUT2D eigenvalue weighted by atomic mass is 10.1. The molecule has 0 N–H and O–H groups in total. The summed E-state index contributed by atoms with van der Waals surface area (Å²) in [4.78, 5) is 11.3. The fourth-order valence-corrected chi connectivity index (χ4v) is 2.82. The highest BCUT2D eigenvalue weighted by Crippen LogP contribution is 2.22. The van der Waals surface area contributed by atoms with Crippen LogP contribution in [0.1, 0.15) is 19.3 Å². The molecule has 1 fully saturated rings. The van der Waals surface area contributed by atoms with Gasteiger partial charge in [-0.3, -0.25) is 0 Å². The third-order valence-corrected chi connectivity index (χ3v) is 3.78. The molecule has 88 valence electrons. The first-order chi connectivity index (χ1) is 8.43. The molecule has 4 heteroatoms. The van der Waals surface area contributed by atoms with E-state index < -0.39 is 0 Å². The second-order valence-corrected chi connectivity index (χ2v) is 5.08. The number of hydrogen-bond donors (Lipinski definition) is 0. The van der Waals surface area contributed by atoms with Crippen molar-refractivity contribution in [2.24, 2.45) is 0 Å². The zero-order chi connectivity index (χ0) is 11.5. The molecule has 3 heterocycles. The van der Waals surface area contributed by atoms with Gasteiger partial charge in [-0.05, 0) is 36.8 Å². The monoisotopic (exact) mass is 245 g/mol. The first kappa shape index (κ1) is 10.7. The van der Waals surface area contributed by atoms with Crippen molar-refractivity contribution in [3.63, 3.8) is 0 Å². The summed E-state index contributed by atoms with van der Waals surface area (Å²) in [6.45, 7) is 2.18. The highest BCUT2D eigenvalue weighted by molar-refractivity contribution is 7.08. The quantitative estimate of drug-likeness (QED) is 0.813. The van der Waals surface area contributed by atoms with Crippen LogP contribution in [0.15, 0.2) is 29.1 Å². The van der Waals surface area contributed by atoms with Gasteiger partial charge in [0.25, 0.3) is 0 Å². The summed E-state index contributed by atoms with van der Waals surface area (Å²) in [7, 11) is 0. The fourth-order valence-electron chi connectivity index (χ4n) is 2.17. The molecule has 0 amide bonds. The van der Waals surface area contributed by atoms with Crippen LogP contribution in [0.2, 0.25) is 0 Å². The van der Waals surface area contributed by atoms with Crippen molar-refractivity contribution in [1.29, 1.82) is 0 Å². The van der Waals surface area contributed by atoms with Crippen LogP contribution in [0.4, 0.5) is 5.95 Å². The molecule has 3 nitrogen and oxygen atoms in total. The third kappa shape index (κ3) is 2.31. The van der Waals surface area contributed by atoms with Crippen LogP contribution in [0.5, 0.6) is 0 Å². The van der Waals surface area contributed by atoms with Gasteiger partial charge in [-0.1, -0.05) is 0 Å². The van der Waals surface area contributed by atoms with Gasteiger partial charge in [0.05, 0.1) is 5.69 Å². The van der Waals surface area contributed by atoms with Crippen LogP contribution >= 0.6 is 11.3 Å². The minimum atomic E-state index is 0.883. The Bertz CT molecular complexity index is 475. The minimum Gasteiger partial charge on any atom is -0.341 e. The van der Waals surface area contributed by atoms with Crippen LogP contribution in [-0.2, 0) is 0 Å². The smallest absolute Gasteiger partial charge is 0.225 e. The number of nitrogens with zero attached hydrogens (tertiary/aromatic N) is 3. The van der Waals surface area contributed by atoms with E-state index in [1.807, 2.05) is 12.3 Å². The number of hydrogen-bond acceptors (Lipinski definition) is 4. The summed E-state index contributed by atoms with van der Waals surface area (Å²) in [6, 6.07) is 4.09. The second kappa shape index (κ2) is 4.84. The van der Waals surface area contributed by atoms with E-state index >= 15 is 0 Å². The molecule has 3 rings (SSSR count). The summed E-state index contributed by atoms with van der Waals surface area (Å²) in [5, 5.41) is 4.21. The van der Waals surface area contributed by atoms with Crippen LogP contribution in [0, 0.1) is 0 Å². The second-order valence-electron chi connectivity index (χ2n) is 4.30. The molecule has 0 unspecified atom stereocenters. The maximum atomic E-state index is 4.66. The van der Waals surface area contributed by atoms with Gasteiger partial charge in [-0.2, -0.15) is 11.3 Å². The van der Waals surface area contributed by atoms with Crippen molar-refractivity contribution in [1.82, 2.24) is 9.97 Å². The highest BCUT2D eigenvalue weighted by atomic mass is 32.1. The van der Waals surface area contributed by atoms with Crippen LogP contribution in [0.25, 0.3) is 11.3 Å². The summed E-state index contributed by atoms with van der Waals surface area (Å²) < 4.78 is 0. The zero-order valence-electron chi connectivity index (χ0n) is 9.67. The Morgan fingerprint density at radius 2 is 2.00 bits per heavy atom. The van der Waals surface area contributed by atoms with E-state index in [4.69, 9.17) is 0 Å². The van der Waals surface area contributed by atoms with Gasteiger partial charge in [-0.25, -0.2) is 9.97 Å². The predicted octanol–water partition coefficient (Wildman–Crippen LogP) is 3.20. The van der Waals surface area contributed by atoms with E-state index in [1.54, 1.807) is 11.3 Å².